The van der Waals surface area contributed by atoms with E-state index in [0.717, 1.165) is 5.56 Å². The molecule has 0 saturated carbocycles. The molecule has 2 aromatic rings. The summed E-state index contributed by atoms with van der Waals surface area (Å²) in [6, 6.07) is 6.67. The summed E-state index contributed by atoms with van der Waals surface area (Å²) >= 11 is 6.23. The van der Waals surface area contributed by atoms with Crippen LogP contribution < -0.4 is 0 Å². The van der Waals surface area contributed by atoms with E-state index in [0.29, 0.717) is 27.5 Å². The molecule has 2 nitrogen and oxygen atoms in total. The summed E-state index contributed by atoms with van der Waals surface area (Å²) in [5.74, 6) is -2.41. The maximum absolute atomic E-state index is 12.1. The summed E-state index contributed by atoms with van der Waals surface area (Å²) in [5, 5.41) is 0.300. The van der Waals surface area contributed by atoms with Gasteiger partial charge in [0, 0.05) is 10.5 Å². The van der Waals surface area contributed by atoms with Gasteiger partial charge in [0.05, 0.1) is 18.1 Å². The molecular weight excluding hydrogens is 266 g/mol. The molecule has 0 aliphatic carbocycles. The zero-order valence-corrected chi connectivity index (χ0v) is 10.1. The Bertz CT molecular complexity index is 505. The van der Waals surface area contributed by atoms with E-state index in [9.17, 15) is 8.78 Å². The summed E-state index contributed by atoms with van der Waals surface area (Å²) < 4.78 is 24.2. The first-order valence-corrected chi connectivity index (χ1v) is 5.94. The molecule has 0 spiro atoms. The lowest BCUT2D eigenvalue weighted by Gasteiger charge is -2.03. The van der Waals surface area contributed by atoms with Crippen molar-refractivity contribution in [1.82, 2.24) is 9.97 Å². The molecule has 6 heteroatoms. The quantitative estimate of drug-likeness (QED) is 0.787. The normalized spacial score (nSPS) is 10.8. The Hall–Kier alpha value is -1.20. The lowest BCUT2D eigenvalue weighted by molar-refractivity contribution is 0.252. The second kappa shape index (κ2) is 5.42. The molecule has 1 aromatic heterocycles. The Morgan fingerprint density at radius 3 is 2.41 bits per heavy atom. The first kappa shape index (κ1) is 12.3. The van der Waals surface area contributed by atoms with Crippen molar-refractivity contribution in [3.8, 4) is 11.3 Å². The van der Waals surface area contributed by atoms with E-state index >= 15 is 0 Å². The monoisotopic (exact) mass is 272 g/mol. The standard InChI is InChI=1S/C11H7ClF2N2S/c12-10-6-15-5-9(16-10)7-1-3-8(4-2-7)17-11(13)14/h1-6,11H. The summed E-state index contributed by atoms with van der Waals surface area (Å²) in [6.45, 7) is 0. The first-order valence-electron chi connectivity index (χ1n) is 4.68. The predicted octanol–water partition coefficient (Wildman–Crippen LogP) is 4.11. The Balaban J connectivity index is 2.23. The fourth-order valence-electron chi connectivity index (χ4n) is 1.29. The molecule has 0 atom stereocenters. The van der Waals surface area contributed by atoms with Crippen LogP contribution in [0.3, 0.4) is 0 Å². The van der Waals surface area contributed by atoms with Crippen molar-refractivity contribution < 1.29 is 8.78 Å². The van der Waals surface area contributed by atoms with E-state index in [1.165, 1.54) is 6.20 Å². The molecule has 0 N–H and O–H groups in total. The van der Waals surface area contributed by atoms with E-state index < -0.39 is 5.76 Å². The number of thioether (sulfide) groups is 1. The Kier molecular flexibility index (Phi) is 3.91. The van der Waals surface area contributed by atoms with Gasteiger partial charge in [-0.2, -0.15) is 8.78 Å². The zero-order valence-electron chi connectivity index (χ0n) is 8.48. The van der Waals surface area contributed by atoms with Crippen LogP contribution in [-0.2, 0) is 0 Å². The highest BCUT2D eigenvalue weighted by Crippen LogP contribution is 2.27. The number of alkyl halides is 2. The van der Waals surface area contributed by atoms with Crippen LogP contribution in [0.1, 0.15) is 0 Å². The van der Waals surface area contributed by atoms with Gasteiger partial charge in [0.25, 0.3) is 5.76 Å². The fourth-order valence-corrected chi connectivity index (χ4v) is 1.93. The van der Waals surface area contributed by atoms with Gasteiger partial charge in [0.1, 0.15) is 5.15 Å². The average molecular weight is 273 g/mol. The van der Waals surface area contributed by atoms with Gasteiger partial charge in [-0.15, -0.1) is 0 Å². The van der Waals surface area contributed by atoms with Gasteiger partial charge >= 0.3 is 0 Å². The molecule has 1 heterocycles. The first-order chi connectivity index (χ1) is 8.15. The van der Waals surface area contributed by atoms with E-state index in [1.807, 2.05) is 0 Å². The lowest BCUT2D eigenvalue weighted by atomic mass is 10.2. The summed E-state index contributed by atoms with van der Waals surface area (Å²) in [6.07, 6.45) is 3.01. The van der Waals surface area contributed by atoms with Gasteiger partial charge in [-0.3, -0.25) is 4.98 Å². The molecule has 88 valence electrons. The molecule has 0 unspecified atom stereocenters. The molecule has 0 radical (unpaired) electrons. The van der Waals surface area contributed by atoms with Gasteiger partial charge in [0.2, 0.25) is 0 Å². The van der Waals surface area contributed by atoms with Crippen molar-refractivity contribution in [2.75, 3.05) is 0 Å². The van der Waals surface area contributed by atoms with Crippen molar-refractivity contribution in [1.29, 1.82) is 0 Å². The molecule has 17 heavy (non-hydrogen) atoms. The average Bonchev–Trinajstić information content (AvgIpc) is 2.29. The molecule has 0 aliphatic heterocycles. The molecule has 0 amide bonds. The molecule has 0 aliphatic rings. The minimum Gasteiger partial charge on any atom is -0.259 e. The summed E-state index contributed by atoms with van der Waals surface area (Å²) in [4.78, 5) is 8.51. The van der Waals surface area contributed by atoms with Crippen LogP contribution in [0, 0.1) is 0 Å². The lowest BCUT2D eigenvalue weighted by Crippen LogP contribution is -1.86. The van der Waals surface area contributed by atoms with Crippen LogP contribution in [0.5, 0.6) is 0 Å². The van der Waals surface area contributed by atoms with Crippen molar-refractivity contribution in [3.63, 3.8) is 0 Å². The summed E-state index contributed by atoms with van der Waals surface area (Å²) in [7, 11) is 0. The Morgan fingerprint density at radius 1 is 1.12 bits per heavy atom. The molecule has 1 aromatic carbocycles. The van der Waals surface area contributed by atoms with E-state index in [2.05, 4.69) is 9.97 Å². The predicted molar refractivity (Wildman–Crippen MR) is 64.3 cm³/mol. The highest BCUT2D eigenvalue weighted by atomic mass is 35.5. The largest absolute Gasteiger partial charge is 0.288 e. The summed E-state index contributed by atoms with van der Waals surface area (Å²) in [5.41, 5.74) is 1.41. The maximum Gasteiger partial charge on any atom is 0.288 e. The Morgan fingerprint density at radius 2 is 1.82 bits per heavy atom. The number of nitrogens with zero attached hydrogens (tertiary/aromatic N) is 2. The van der Waals surface area contributed by atoms with Gasteiger partial charge in [-0.05, 0) is 12.1 Å². The smallest absolute Gasteiger partial charge is 0.259 e. The van der Waals surface area contributed by atoms with E-state index in [1.54, 1.807) is 30.5 Å². The fraction of sp³-hybridized carbons (Fsp3) is 0.0909. The number of benzene rings is 1. The molecule has 0 saturated heterocycles. The topological polar surface area (TPSA) is 25.8 Å². The molecule has 0 bridgehead atoms. The molecule has 2 rings (SSSR count). The Labute approximate surface area is 106 Å². The highest BCUT2D eigenvalue weighted by molar-refractivity contribution is 7.99. The van der Waals surface area contributed by atoms with Crippen LogP contribution in [0.2, 0.25) is 5.15 Å². The van der Waals surface area contributed by atoms with Crippen molar-refractivity contribution in [3.05, 3.63) is 41.8 Å². The second-order valence-electron chi connectivity index (χ2n) is 3.13. The van der Waals surface area contributed by atoms with Crippen LogP contribution in [0.4, 0.5) is 8.78 Å². The third kappa shape index (κ3) is 3.38. The van der Waals surface area contributed by atoms with Crippen molar-refractivity contribution in [2.24, 2.45) is 0 Å². The van der Waals surface area contributed by atoms with Gasteiger partial charge in [-0.25, -0.2) is 4.98 Å². The minimum atomic E-state index is -2.41. The van der Waals surface area contributed by atoms with Crippen LogP contribution in [0.25, 0.3) is 11.3 Å². The number of hydrogen-bond acceptors (Lipinski definition) is 3. The maximum atomic E-state index is 12.1. The SMILES string of the molecule is FC(F)Sc1ccc(-c2cncc(Cl)n2)cc1. The van der Waals surface area contributed by atoms with Crippen molar-refractivity contribution >= 4 is 23.4 Å². The highest BCUT2D eigenvalue weighted by Gasteiger charge is 2.06. The van der Waals surface area contributed by atoms with Crippen molar-refractivity contribution in [2.45, 2.75) is 10.7 Å². The van der Waals surface area contributed by atoms with Crippen LogP contribution in [0.15, 0.2) is 41.6 Å². The zero-order chi connectivity index (χ0) is 12.3. The van der Waals surface area contributed by atoms with E-state index in [-0.39, 0.29) is 0 Å². The molecular formula is C11H7ClF2N2S. The number of hydrogen-bond donors (Lipinski definition) is 0. The minimum absolute atomic E-state index is 0.300. The second-order valence-corrected chi connectivity index (χ2v) is 4.58. The van der Waals surface area contributed by atoms with Gasteiger partial charge in [0.15, 0.2) is 0 Å². The molecule has 0 fully saturated rings. The van der Waals surface area contributed by atoms with Crippen LogP contribution >= 0.6 is 23.4 Å². The van der Waals surface area contributed by atoms with Gasteiger partial charge in [-0.1, -0.05) is 35.5 Å². The number of halogens is 3. The van der Waals surface area contributed by atoms with Gasteiger partial charge < -0.3 is 0 Å². The number of aromatic nitrogens is 2. The van der Waals surface area contributed by atoms with E-state index in [4.69, 9.17) is 11.6 Å². The third-order valence-electron chi connectivity index (χ3n) is 1.98. The third-order valence-corrected chi connectivity index (χ3v) is 2.89. The number of rotatable bonds is 3. The van der Waals surface area contributed by atoms with Crippen LogP contribution in [-0.4, -0.2) is 15.7 Å².